The zero-order chi connectivity index (χ0) is 13.0. The number of nitrogens with two attached hydrogens (primary N) is 1. The zero-order valence-electron chi connectivity index (χ0n) is 11.7. The Hall–Kier alpha value is -1.02. The largest absolute Gasteiger partial charge is 0.494 e. The molecule has 2 nitrogen and oxygen atoms in total. The van der Waals surface area contributed by atoms with Crippen LogP contribution in [0.25, 0.3) is 0 Å². The van der Waals surface area contributed by atoms with Crippen LogP contribution in [0, 0.1) is 6.92 Å². The van der Waals surface area contributed by atoms with Crippen molar-refractivity contribution in [1.82, 2.24) is 0 Å². The molecule has 96 valence electrons. The molecule has 0 radical (unpaired) electrons. The van der Waals surface area contributed by atoms with Crippen molar-refractivity contribution in [2.24, 2.45) is 5.73 Å². The van der Waals surface area contributed by atoms with E-state index in [0.29, 0.717) is 12.5 Å². The molecule has 1 aromatic rings. The number of benzene rings is 1. The number of hydrogen-bond acceptors (Lipinski definition) is 2. The molecule has 1 atom stereocenters. The van der Waals surface area contributed by atoms with Crippen molar-refractivity contribution in [2.45, 2.75) is 53.0 Å². The van der Waals surface area contributed by atoms with Gasteiger partial charge < -0.3 is 10.5 Å². The normalized spacial score (nSPS) is 12.9. The first kappa shape index (κ1) is 14.0. The van der Waals surface area contributed by atoms with Crippen molar-refractivity contribution < 1.29 is 4.74 Å². The Morgan fingerprint density at radius 1 is 1.24 bits per heavy atom. The van der Waals surface area contributed by atoms with Crippen molar-refractivity contribution in [1.29, 1.82) is 0 Å². The Morgan fingerprint density at radius 3 is 2.35 bits per heavy atom. The molecule has 0 saturated carbocycles. The monoisotopic (exact) mass is 235 g/mol. The summed E-state index contributed by atoms with van der Waals surface area (Å²) >= 11 is 0. The van der Waals surface area contributed by atoms with Crippen LogP contribution in [-0.4, -0.2) is 12.6 Å². The van der Waals surface area contributed by atoms with Gasteiger partial charge in [-0.05, 0) is 55.9 Å². The van der Waals surface area contributed by atoms with Crippen LogP contribution in [-0.2, 0) is 6.42 Å². The molecule has 0 heterocycles. The first-order valence-electron chi connectivity index (χ1n) is 6.47. The molecule has 0 aromatic heterocycles. The Morgan fingerprint density at radius 2 is 1.88 bits per heavy atom. The number of ether oxygens (including phenoxy) is 1. The molecule has 0 fully saturated rings. The minimum Gasteiger partial charge on any atom is -0.494 e. The summed E-state index contributed by atoms with van der Waals surface area (Å²) in [4.78, 5) is 0. The molecule has 1 unspecified atom stereocenters. The Labute approximate surface area is 105 Å². The van der Waals surface area contributed by atoms with E-state index in [1.54, 1.807) is 0 Å². The fourth-order valence-electron chi connectivity index (χ4n) is 2.16. The topological polar surface area (TPSA) is 35.2 Å². The first-order chi connectivity index (χ1) is 7.95. The fraction of sp³-hybridized carbons (Fsp3) is 0.600. The highest BCUT2D eigenvalue weighted by molar-refractivity contribution is 5.44. The Balaban J connectivity index is 3.16. The first-order valence-corrected chi connectivity index (χ1v) is 6.47. The van der Waals surface area contributed by atoms with Crippen LogP contribution >= 0.6 is 0 Å². The van der Waals surface area contributed by atoms with E-state index >= 15 is 0 Å². The summed E-state index contributed by atoms with van der Waals surface area (Å²) < 4.78 is 5.70. The molecule has 0 aliphatic rings. The molecule has 0 saturated heterocycles. The molecule has 0 spiro atoms. The standard InChI is InChI=1S/C15H25NO/c1-6-17-15-7-11(4)14(10(2)3)9-13(15)8-12(5)16/h7,9-10,12H,6,8,16H2,1-5H3. The lowest BCUT2D eigenvalue weighted by Crippen LogP contribution is -2.18. The lowest BCUT2D eigenvalue weighted by atomic mass is 9.93. The molecule has 17 heavy (non-hydrogen) atoms. The highest BCUT2D eigenvalue weighted by Gasteiger charge is 2.12. The minimum absolute atomic E-state index is 0.164. The molecular formula is C15H25NO. The third-order valence-electron chi connectivity index (χ3n) is 2.91. The van der Waals surface area contributed by atoms with Crippen LogP contribution in [0.5, 0.6) is 5.75 Å². The third-order valence-corrected chi connectivity index (χ3v) is 2.91. The highest BCUT2D eigenvalue weighted by atomic mass is 16.5. The van der Waals surface area contributed by atoms with Gasteiger partial charge in [-0.2, -0.15) is 0 Å². The minimum atomic E-state index is 0.164. The molecule has 0 aliphatic carbocycles. The van der Waals surface area contributed by atoms with Gasteiger partial charge in [-0.15, -0.1) is 0 Å². The summed E-state index contributed by atoms with van der Waals surface area (Å²) in [6, 6.07) is 4.57. The molecule has 2 heteroatoms. The summed E-state index contributed by atoms with van der Waals surface area (Å²) in [6.45, 7) is 11.3. The van der Waals surface area contributed by atoms with E-state index in [1.165, 1.54) is 16.7 Å². The van der Waals surface area contributed by atoms with Crippen molar-refractivity contribution in [3.05, 3.63) is 28.8 Å². The van der Waals surface area contributed by atoms with Gasteiger partial charge in [0.2, 0.25) is 0 Å². The number of aryl methyl sites for hydroxylation is 1. The van der Waals surface area contributed by atoms with Gasteiger partial charge in [0.25, 0.3) is 0 Å². The van der Waals surface area contributed by atoms with Gasteiger partial charge in [0, 0.05) is 6.04 Å². The van der Waals surface area contributed by atoms with E-state index in [4.69, 9.17) is 10.5 Å². The molecule has 2 N–H and O–H groups in total. The van der Waals surface area contributed by atoms with Crippen molar-refractivity contribution in [3.8, 4) is 5.75 Å². The van der Waals surface area contributed by atoms with E-state index in [9.17, 15) is 0 Å². The fourth-order valence-corrected chi connectivity index (χ4v) is 2.16. The molecule has 0 bridgehead atoms. The zero-order valence-corrected chi connectivity index (χ0v) is 11.7. The number of hydrogen-bond donors (Lipinski definition) is 1. The lowest BCUT2D eigenvalue weighted by molar-refractivity contribution is 0.335. The van der Waals surface area contributed by atoms with Crippen LogP contribution in [0.1, 0.15) is 50.3 Å². The average Bonchev–Trinajstić information content (AvgIpc) is 2.21. The molecule has 1 rings (SSSR count). The molecule has 1 aromatic carbocycles. The SMILES string of the molecule is CCOc1cc(C)c(C(C)C)cc1CC(C)N. The van der Waals surface area contributed by atoms with Gasteiger partial charge >= 0.3 is 0 Å². The second-order valence-corrected chi connectivity index (χ2v) is 5.09. The van der Waals surface area contributed by atoms with Gasteiger partial charge in [-0.1, -0.05) is 19.9 Å². The summed E-state index contributed by atoms with van der Waals surface area (Å²) in [7, 11) is 0. The van der Waals surface area contributed by atoms with Crippen molar-refractivity contribution in [3.63, 3.8) is 0 Å². The predicted molar refractivity (Wildman–Crippen MR) is 73.8 cm³/mol. The highest BCUT2D eigenvalue weighted by Crippen LogP contribution is 2.28. The van der Waals surface area contributed by atoms with Crippen LogP contribution in [0.4, 0.5) is 0 Å². The average molecular weight is 235 g/mol. The second-order valence-electron chi connectivity index (χ2n) is 5.09. The summed E-state index contributed by atoms with van der Waals surface area (Å²) in [6.07, 6.45) is 0.870. The van der Waals surface area contributed by atoms with Crippen LogP contribution in [0.2, 0.25) is 0 Å². The maximum atomic E-state index is 5.90. The number of rotatable bonds is 5. The summed E-state index contributed by atoms with van der Waals surface area (Å²) in [5.41, 5.74) is 9.83. The van der Waals surface area contributed by atoms with Gasteiger partial charge in [0.1, 0.15) is 5.75 Å². The van der Waals surface area contributed by atoms with Crippen LogP contribution in [0.3, 0.4) is 0 Å². The Bertz CT molecular complexity index is 369. The third kappa shape index (κ3) is 3.74. The summed E-state index contributed by atoms with van der Waals surface area (Å²) in [5, 5.41) is 0. The van der Waals surface area contributed by atoms with E-state index in [0.717, 1.165) is 12.2 Å². The van der Waals surface area contributed by atoms with Gasteiger partial charge in [-0.3, -0.25) is 0 Å². The van der Waals surface area contributed by atoms with Crippen LogP contribution < -0.4 is 10.5 Å². The quantitative estimate of drug-likeness (QED) is 0.849. The van der Waals surface area contributed by atoms with Crippen molar-refractivity contribution >= 4 is 0 Å². The Kier molecular flexibility index (Phi) is 5.01. The second kappa shape index (κ2) is 6.06. The van der Waals surface area contributed by atoms with E-state index < -0.39 is 0 Å². The smallest absolute Gasteiger partial charge is 0.122 e. The molecule has 0 aliphatic heterocycles. The van der Waals surface area contributed by atoms with Crippen molar-refractivity contribution in [2.75, 3.05) is 6.61 Å². The van der Waals surface area contributed by atoms with Gasteiger partial charge in [-0.25, -0.2) is 0 Å². The van der Waals surface area contributed by atoms with Crippen LogP contribution in [0.15, 0.2) is 12.1 Å². The van der Waals surface area contributed by atoms with E-state index in [2.05, 4.69) is 32.9 Å². The lowest BCUT2D eigenvalue weighted by Gasteiger charge is -2.18. The van der Waals surface area contributed by atoms with E-state index in [1.807, 2.05) is 13.8 Å². The maximum absolute atomic E-state index is 5.90. The maximum Gasteiger partial charge on any atom is 0.122 e. The van der Waals surface area contributed by atoms with Gasteiger partial charge in [0.15, 0.2) is 0 Å². The summed E-state index contributed by atoms with van der Waals surface area (Å²) in [5.74, 6) is 1.53. The predicted octanol–water partition coefficient (Wildman–Crippen LogP) is 3.41. The molecular weight excluding hydrogens is 210 g/mol. The molecule has 0 amide bonds. The van der Waals surface area contributed by atoms with E-state index in [-0.39, 0.29) is 6.04 Å². The van der Waals surface area contributed by atoms with Gasteiger partial charge in [0.05, 0.1) is 6.61 Å².